The van der Waals surface area contributed by atoms with Crippen molar-refractivity contribution >= 4 is 18.6 Å². The zero-order valence-electron chi connectivity index (χ0n) is 6.50. The van der Waals surface area contributed by atoms with Crippen LogP contribution in [0.15, 0.2) is 18.2 Å². The molecule has 0 spiro atoms. The topological polar surface area (TPSA) is 37.3 Å². The van der Waals surface area contributed by atoms with Crippen molar-refractivity contribution in [2.75, 3.05) is 0 Å². The first kappa shape index (κ1) is 8.59. The summed E-state index contributed by atoms with van der Waals surface area (Å²) >= 11 is -2.73. The standard InChI is InChI=1S/C8H10O2Se/c1-6-4-3-5-7(2)8(6)11(9)10/h3-5H,1-2H3,(H,9,10). The predicted octanol–water partition coefficient (Wildman–Crippen LogP) is 0.421. The van der Waals surface area contributed by atoms with Gasteiger partial charge in [-0.3, -0.25) is 0 Å². The molecule has 1 unspecified atom stereocenters. The average molecular weight is 217 g/mol. The van der Waals surface area contributed by atoms with E-state index in [1.807, 2.05) is 32.0 Å². The summed E-state index contributed by atoms with van der Waals surface area (Å²) in [6.07, 6.45) is 0. The average Bonchev–Trinajstić information content (AvgIpc) is 1.85. The Labute approximate surface area is 70.3 Å². The van der Waals surface area contributed by atoms with E-state index < -0.39 is 14.2 Å². The van der Waals surface area contributed by atoms with E-state index >= 15 is 0 Å². The van der Waals surface area contributed by atoms with Crippen molar-refractivity contribution in [3.05, 3.63) is 29.3 Å². The third kappa shape index (κ3) is 1.74. The first-order valence-electron chi connectivity index (χ1n) is 3.30. The van der Waals surface area contributed by atoms with Crippen LogP contribution in [0.5, 0.6) is 0 Å². The molecule has 1 aromatic rings. The Bertz CT molecular complexity index is 274. The van der Waals surface area contributed by atoms with Gasteiger partial charge in [-0.25, -0.2) is 0 Å². The van der Waals surface area contributed by atoms with Crippen molar-refractivity contribution in [3.8, 4) is 0 Å². The number of hydrogen-bond acceptors (Lipinski definition) is 1. The van der Waals surface area contributed by atoms with Crippen LogP contribution in [0, 0.1) is 13.8 Å². The molecule has 0 radical (unpaired) electrons. The maximum atomic E-state index is 10.9. The SMILES string of the molecule is Cc1cccc(C)c1[Se](=O)O. The van der Waals surface area contributed by atoms with Crippen LogP contribution in [0.3, 0.4) is 0 Å². The van der Waals surface area contributed by atoms with Gasteiger partial charge >= 0.3 is 69.8 Å². The quantitative estimate of drug-likeness (QED) is 0.692. The third-order valence-corrected chi connectivity index (χ3v) is 3.67. The molecule has 3 heteroatoms. The molecule has 0 amide bonds. The molecule has 11 heavy (non-hydrogen) atoms. The van der Waals surface area contributed by atoms with Crippen molar-refractivity contribution in [1.29, 1.82) is 0 Å². The van der Waals surface area contributed by atoms with Gasteiger partial charge < -0.3 is 0 Å². The molecule has 60 valence electrons. The predicted molar refractivity (Wildman–Crippen MR) is 44.2 cm³/mol. The number of hydrogen-bond donors (Lipinski definition) is 1. The van der Waals surface area contributed by atoms with Gasteiger partial charge in [0, 0.05) is 0 Å². The Morgan fingerprint density at radius 1 is 1.27 bits per heavy atom. The molecule has 0 aliphatic carbocycles. The minimum atomic E-state index is -2.73. The van der Waals surface area contributed by atoms with Crippen LogP contribution < -0.4 is 4.46 Å². The Morgan fingerprint density at radius 3 is 2.00 bits per heavy atom. The molecule has 1 rings (SSSR count). The van der Waals surface area contributed by atoms with Gasteiger partial charge in [-0.1, -0.05) is 0 Å². The first-order chi connectivity index (χ1) is 5.13. The fourth-order valence-corrected chi connectivity index (χ4v) is 2.52. The van der Waals surface area contributed by atoms with Crippen LogP contribution in [0.2, 0.25) is 0 Å². The van der Waals surface area contributed by atoms with Gasteiger partial charge in [-0.05, 0) is 0 Å². The second kappa shape index (κ2) is 3.26. The zero-order valence-corrected chi connectivity index (χ0v) is 8.21. The molecule has 0 aliphatic rings. The maximum absolute atomic E-state index is 10.9. The van der Waals surface area contributed by atoms with Gasteiger partial charge in [-0.15, -0.1) is 0 Å². The fourth-order valence-electron chi connectivity index (χ4n) is 1.07. The molecule has 0 aliphatic heterocycles. The molecule has 1 aromatic carbocycles. The van der Waals surface area contributed by atoms with Crippen LogP contribution in [0.1, 0.15) is 11.1 Å². The molecular weight excluding hydrogens is 207 g/mol. The second-order valence-electron chi connectivity index (χ2n) is 2.47. The minimum absolute atomic E-state index is 0.632. The normalized spacial score (nSPS) is 13.0. The van der Waals surface area contributed by atoms with Gasteiger partial charge in [-0.2, -0.15) is 0 Å². The molecule has 0 aromatic heterocycles. The molecule has 1 atom stereocenters. The molecular formula is C8H10O2Se. The second-order valence-corrected chi connectivity index (χ2v) is 4.37. The molecule has 0 saturated heterocycles. The van der Waals surface area contributed by atoms with Crippen LogP contribution in [0.25, 0.3) is 0 Å². The summed E-state index contributed by atoms with van der Waals surface area (Å²) in [5.74, 6) is 0. The fraction of sp³-hybridized carbons (Fsp3) is 0.250. The van der Waals surface area contributed by atoms with Crippen LogP contribution >= 0.6 is 0 Å². The van der Waals surface area contributed by atoms with E-state index in [1.54, 1.807) is 0 Å². The van der Waals surface area contributed by atoms with Gasteiger partial charge in [0.15, 0.2) is 0 Å². The van der Waals surface area contributed by atoms with E-state index in [9.17, 15) is 3.83 Å². The van der Waals surface area contributed by atoms with Crippen molar-refractivity contribution in [2.24, 2.45) is 0 Å². The molecule has 1 N–H and O–H groups in total. The van der Waals surface area contributed by atoms with E-state index in [2.05, 4.69) is 0 Å². The van der Waals surface area contributed by atoms with Crippen LogP contribution in [0.4, 0.5) is 0 Å². The molecule has 2 nitrogen and oxygen atoms in total. The number of rotatable bonds is 1. The van der Waals surface area contributed by atoms with Gasteiger partial charge in [0.25, 0.3) is 0 Å². The van der Waals surface area contributed by atoms with Crippen molar-refractivity contribution in [1.82, 2.24) is 0 Å². The van der Waals surface area contributed by atoms with Crippen LogP contribution in [-0.4, -0.2) is 18.4 Å². The van der Waals surface area contributed by atoms with Crippen molar-refractivity contribution in [3.63, 3.8) is 0 Å². The van der Waals surface area contributed by atoms with Crippen LogP contribution in [-0.2, 0) is 3.83 Å². The van der Waals surface area contributed by atoms with E-state index in [0.29, 0.717) is 4.46 Å². The summed E-state index contributed by atoms with van der Waals surface area (Å²) in [4.78, 5) is 0. The summed E-state index contributed by atoms with van der Waals surface area (Å²) in [5.41, 5.74) is 1.82. The molecule has 0 heterocycles. The number of aryl methyl sites for hydroxylation is 2. The number of benzene rings is 1. The van der Waals surface area contributed by atoms with Gasteiger partial charge in [0.2, 0.25) is 0 Å². The Morgan fingerprint density at radius 2 is 1.73 bits per heavy atom. The van der Waals surface area contributed by atoms with E-state index in [1.165, 1.54) is 0 Å². The zero-order chi connectivity index (χ0) is 8.43. The van der Waals surface area contributed by atoms with E-state index in [4.69, 9.17) is 4.19 Å². The first-order valence-corrected chi connectivity index (χ1v) is 5.62. The molecule has 0 fully saturated rings. The summed E-state index contributed by atoms with van der Waals surface area (Å²) in [6.45, 7) is 3.71. The summed E-state index contributed by atoms with van der Waals surface area (Å²) in [5, 5.41) is 0. The van der Waals surface area contributed by atoms with E-state index in [-0.39, 0.29) is 0 Å². The van der Waals surface area contributed by atoms with E-state index in [0.717, 1.165) is 11.1 Å². The third-order valence-electron chi connectivity index (χ3n) is 1.58. The molecule has 0 bridgehead atoms. The monoisotopic (exact) mass is 218 g/mol. The summed E-state index contributed by atoms with van der Waals surface area (Å²) in [6, 6.07) is 5.60. The summed E-state index contributed by atoms with van der Waals surface area (Å²) in [7, 11) is 0. The van der Waals surface area contributed by atoms with Gasteiger partial charge in [0.05, 0.1) is 0 Å². The van der Waals surface area contributed by atoms with Crippen molar-refractivity contribution in [2.45, 2.75) is 13.8 Å². The Kier molecular flexibility index (Phi) is 2.55. The summed E-state index contributed by atoms with van der Waals surface area (Å²) < 4.78 is 20.4. The Balaban J connectivity index is 3.32. The van der Waals surface area contributed by atoms with Crippen molar-refractivity contribution < 1.29 is 8.02 Å². The van der Waals surface area contributed by atoms with Gasteiger partial charge in [0.1, 0.15) is 0 Å². The Hall–Kier alpha value is -0.501. The molecule has 0 saturated carbocycles.